The predicted molar refractivity (Wildman–Crippen MR) is 98.1 cm³/mol. The molecule has 3 amide bonds. The summed E-state index contributed by atoms with van der Waals surface area (Å²) >= 11 is 0. The maximum Gasteiger partial charge on any atom is 0.410 e. The van der Waals surface area contributed by atoms with Crippen LogP contribution in [-0.2, 0) is 14.3 Å². The van der Waals surface area contributed by atoms with Crippen molar-refractivity contribution < 1.29 is 19.1 Å². The standard InChI is InChI=1S/C19H33N3O4/c1-19(2,3)26-18(25)22-13-9-12-15(22)17(24)21-20-16(23)14-10-7-5-4-6-8-11-14/h14-15H,4-13H2,1-3H3,(H,20,23)(H,21,24). The van der Waals surface area contributed by atoms with Crippen LogP contribution in [0.5, 0.6) is 0 Å². The van der Waals surface area contributed by atoms with Crippen molar-refractivity contribution in [2.24, 2.45) is 5.92 Å². The highest BCUT2D eigenvalue weighted by Gasteiger charge is 2.36. The Morgan fingerprint density at radius 1 is 0.846 bits per heavy atom. The first-order valence-corrected chi connectivity index (χ1v) is 9.87. The zero-order valence-electron chi connectivity index (χ0n) is 16.3. The van der Waals surface area contributed by atoms with E-state index in [-0.39, 0.29) is 17.7 Å². The number of amides is 3. The normalized spacial score (nSPS) is 22.3. The van der Waals surface area contributed by atoms with E-state index in [0.717, 1.165) is 32.1 Å². The minimum Gasteiger partial charge on any atom is -0.444 e. The Kier molecular flexibility index (Phi) is 7.29. The van der Waals surface area contributed by atoms with Gasteiger partial charge in [0.1, 0.15) is 11.6 Å². The van der Waals surface area contributed by atoms with Crippen LogP contribution in [0.3, 0.4) is 0 Å². The summed E-state index contributed by atoms with van der Waals surface area (Å²) < 4.78 is 5.37. The highest BCUT2D eigenvalue weighted by molar-refractivity contribution is 5.88. The van der Waals surface area contributed by atoms with Gasteiger partial charge >= 0.3 is 6.09 Å². The van der Waals surface area contributed by atoms with E-state index in [0.29, 0.717) is 13.0 Å². The lowest BCUT2D eigenvalue weighted by Gasteiger charge is -2.28. The molecule has 1 saturated carbocycles. The number of nitrogens with zero attached hydrogens (tertiary/aromatic N) is 1. The van der Waals surface area contributed by atoms with Gasteiger partial charge in [0.2, 0.25) is 5.91 Å². The Balaban J connectivity index is 1.83. The van der Waals surface area contributed by atoms with Gasteiger partial charge in [-0.2, -0.15) is 0 Å². The summed E-state index contributed by atoms with van der Waals surface area (Å²) in [6.45, 7) is 5.88. The number of hydrogen-bond acceptors (Lipinski definition) is 4. The Morgan fingerprint density at radius 2 is 1.42 bits per heavy atom. The molecule has 1 saturated heterocycles. The number of nitrogens with one attached hydrogen (secondary N) is 2. The smallest absolute Gasteiger partial charge is 0.410 e. The van der Waals surface area contributed by atoms with Crippen LogP contribution in [0, 0.1) is 5.92 Å². The molecule has 148 valence electrons. The van der Waals surface area contributed by atoms with Crippen molar-refractivity contribution in [2.75, 3.05) is 6.54 Å². The molecule has 0 aromatic heterocycles. The molecule has 7 nitrogen and oxygen atoms in total. The van der Waals surface area contributed by atoms with Gasteiger partial charge in [0.05, 0.1) is 0 Å². The van der Waals surface area contributed by atoms with Crippen molar-refractivity contribution in [2.45, 2.75) is 90.2 Å². The zero-order valence-corrected chi connectivity index (χ0v) is 16.3. The second-order valence-electron chi connectivity index (χ2n) is 8.35. The van der Waals surface area contributed by atoms with Crippen LogP contribution >= 0.6 is 0 Å². The predicted octanol–water partition coefficient (Wildman–Crippen LogP) is 2.89. The van der Waals surface area contributed by atoms with Crippen LogP contribution in [-0.4, -0.2) is 41.0 Å². The molecule has 0 spiro atoms. The lowest BCUT2D eigenvalue weighted by Crippen LogP contribution is -2.53. The van der Waals surface area contributed by atoms with Gasteiger partial charge in [0.25, 0.3) is 5.91 Å². The summed E-state index contributed by atoms with van der Waals surface area (Å²) in [5.41, 5.74) is 4.48. The van der Waals surface area contributed by atoms with Crippen molar-refractivity contribution >= 4 is 17.9 Å². The van der Waals surface area contributed by atoms with Crippen LogP contribution in [0.25, 0.3) is 0 Å². The van der Waals surface area contributed by atoms with Gasteiger partial charge in [-0.05, 0) is 46.5 Å². The van der Waals surface area contributed by atoms with Crippen LogP contribution in [0.15, 0.2) is 0 Å². The van der Waals surface area contributed by atoms with Crippen molar-refractivity contribution in [1.82, 2.24) is 15.8 Å². The maximum absolute atomic E-state index is 12.5. The molecular weight excluding hydrogens is 334 g/mol. The van der Waals surface area contributed by atoms with E-state index in [4.69, 9.17) is 4.74 Å². The largest absolute Gasteiger partial charge is 0.444 e. The molecule has 0 aromatic rings. The number of ether oxygens (including phenoxy) is 1. The summed E-state index contributed by atoms with van der Waals surface area (Å²) in [5.74, 6) is -0.518. The van der Waals surface area contributed by atoms with Gasteiger partial charge in [0.15, 0.2) is 0 Å². The molecule has 1 heterocycles. The first-order valence-electron chi connectivity index (χ1n) is 9.87. The van der Waals surface area contributed by atoms with Crippen molar-refractivity contribution in [1.29, 1.82) is 0 Å². The molecule has 0 radical (unpaired) electrons. The monoisotopic (exact) mass is 367 g/mol. The Hall–Kier alpha value is -1.79. The first-order chi connectivity index (χ1) is 12.3. The molecule has 7 heteroatoms. The third-order valence-electron chi connectivity index (χ3n) is 4.97. The highest BCUT2D eigenvalue weighted by Crippen LogP contribution is 2.23. The number of hydrogen-bond donors (Lipinski definition) is 2. The van der Waals surface area contributed by atoms with Crippen LogP contribution < -0.4 is 10.9 Å². The number of carbonyl (C=O) groups excluding carboxylic acids is 3. The molecule has 0 aromatic carbocycles. The molecule has 0 bridgehead atoms. The van der Waals surface area contributed by atoms with E-state index >= 15 is 0 Å². The van der Waals surface area contributed by atoms with Crippen molar-refractivity contribution in [3.8, 4) is 0 Å². The number of hydrazine groups is 1. The third kappa shape index (κ3) is 6.18. The highest BCUT2D eigenvalue weighted by atomic mass is 16.6. The number of carbonyl (C=O) groups is 3. The van der Waals surface area contributed by atoms with E-state index < -0.39 is 17.7 Å². The second-order valence-corrected chi connectivity index (χ2v) is 8.35. The molecular formula is C19H33N3O4. The Morgan fingerprint density at radius 3 is 2.04 bits per heavy atom. The average molecular weight is 367 g/mol. The van der Waals surface area contributed by atoms with E-state index in [1.165, 1.54) is 24.2 Å². The van der Waals surface area contributed by atoms with E-state index in [1.807, 2.05) is 0 Å². The molecule has 2 aliphatic rings. The quantitative estimate of drug-likeness (QED) is 0.735. The Bertz CT molecular complexity index is 507. The van der Waals surface area contributed by atoms with Gasteiger partial charge < -0.3 is 4.74 Å². The fourth-order valence-corrected chi connectivity index (χ4v) is 3.61. The van der Waals surface area contributed by atoms with E-state index in [2.05, 4.69) is 10.9 Å². The van der Waals surface area contributed by atoms with Crippen molar-refractivity contribution in [3.05, 3.63) is 0 Å². The van der Waals surface area contributed by atoms with Crippen LogP contribution in [0.2, 0.25) is 0 Å². The van der Waals surface area contributed by atoms with E-state index in [1.54, 1.807) is 20.8 Å². The average Bonchev–Trinajstić information content (AvgIpc) is 3.00. The second kappa shape index (κ2) is 9.24. The summed E-state index contributed by atoms with van der Waals surface area (Å²) in [6, 6.07) is -0.595. The van der Waals surface area contributed by atoms with E-state index in [9.17, 15) is 14.4 Å². The van der Waals surface area contributed by atoms with Gasteiger partial charge in [-0.15, -0.1) is 0 Å². The number of likely N-dealkylation sites (tertiary alicyclic amines) is 1. The SMILES string of the molecule is CC(C)(C)OC(=O)N1CCCC1C(=O)NNC(=O)C1CCCCCCC1. The minimum absolute atomic E-state index is 0.0406. The minimum atomic E-state index is -0.604. The summed E-state index contributed by atoms with van der Waals surface area (Å²) in [6.07, 6.45) is 8.27. The summed E-state index contributed by atoms with van der Waals surface area (Å²) in [5, 5.41) is 0. The molecule has 2 rings (SSSR count). The maximum atomic E-state index is 12.5. The molecule has 1 aliphatic heterocycles. The molecule has 26 heavy (non-hydrogen) atoms. The van der Waals surface area contributed by atoms with Crippen LogP contribution in [0.1, 0.15) is 78.6 Å². The van der Waals surface area contributed by atoms with Gasteiger partial charge in [-0.25, -0.2) is 4.79 Å². The number of rotatable bonds is 2. The molecule has 1 aliphatic carbocycles. The molecule has 1 atom stereocenters. The summed E-state index contributed by atoms with van der Waals surface area (Å²) in [4.78, 5) is 38.5. The summed E-state index contributed by atoms with van der Waals surface area (Å²) in [7, 11) is 0. The van der Waals surface area contributed by atoms with Crippen molar-refractivity contribution in [3.63, 3.8) is 0 Å². The van der Waals surface area contributed by atoms with Gasteiger partial charge in [-0.1, -0.05) is 32.1 Å². The fraction of sp³-hybridized carbons (Fsp3) is 0.842. The fourth-order valence-electron chi connectivity index (χ4n) is 3.61. The Labute approximate surface area is 156 Å². The molecule has 2 fully saturated rings. The van der Waals surface area contributed by atoms with Gasteiger partial charge in [0, 0.05) is 12.5 Å². The molecule has 2 N–H and O–H groups in total. The van der Waals surface area contributed by atoms with Crippen LogP contribution in [0.4, 0.5) is 4.79 Å². The topological polar surface area (TPSA) is 87.7 Å². The third-order valence-corrected chi connectivity index (χ3v) is 4.97. The lowest BCUT2D eigenvalue weighted by atomic mass is 9.91. The van der Waals surface area contributed by atoms with Gasteiger partial charge in [-0.3, -0.25) is 25.3 Å². The molecule has 1 unspecified atom stereocenters. The first kappa shape index (κ1) is 20.5. The lowest BCUT2D eigenvalue weighted by molar-refractivity contribution is -0.133. The zero-order chi connectivity index (χ0) is 19.2.